The molecular formula is C14H21NO3S. The van der Waals surface area contributed by atoms with Crippen LogP contribution in [0.1, 0.15) is 38.5 Å². The number of hydrogen-bond donors (Lipinski definition) is 1. The summed E-state index contributed by atoms with van der Waals surface area (Å²) in [6.45, 7) is 0.689. The molecule has 1 amide bonds. The summed E-state index contributed by atoms with van der Waals surface area (Å²) < 4.78 is 0. The summed E-state index contributed by atoms with van der Waals surface area (Å²) in [7, 11) is 0. The Labute approximate surface area is 118 Å². The molecule has 0 aromatic heterocycles. The van der Waals surface area contributed by atoms with E-state index in [1.54, 1.807) is 16.7 Å². The van der Waals surface area contributed by atoms with E-state index in [9.17, 15) is 9.59 Å². The second-order valence-corrected chi connectivity index (χ2v) is 6.35. The Morgan fingerprint density at radius 2 is 2.26 bits per heavy atom. The Balaban J connectivity index is 1.94. The lowest BCUT2D eigenvalue weighted by Crippen LogP contribution is -2.47. The van der Waals surface area contributed by atoms with Gasteiger partial charge in [0, 0.05) is 24.5 Å². The van der Waals surface area contributed by atoms with E-state index in [4.69, 9.17) is 5.11 Å². The maximum Gasteiger partial charge on any atom is 0.305 e. The number of allylic oxidation sites excluding steroid dienone is 1. The van der Waals surface area contributed by atoms with Crippen LogP contribution in [0.2, 0.25) is 0 Å². The summed E-state index contributed by atoms with van der Waals surface area (Å²) >= 11 is 1.74. The first-order valence-corrected chi connectivity index (χ1v) is 8.09. The summed E-state index contributed by atoms with van der Waals surface area (Å²) in [6, 6.07) is -0.132. The number of carboxylic acid groups (broad SMARTS) is 1. The monoisotopic (exact) mass is 283 g/mol. The zero-order valence-electron chi connectivity index (χ0n) is 11.1. The van der Waals surface area contributed by atoms with Crippen LogP contribution in [0.3, 0.4) is 0 Å². The zero-order chi connectivity index (χ0) is 13.7. The van der Waals surface area contributed by atoms with Crippen LogP contribution in [0.4, 0.5) is 0 Å². The fraction of sp³-hybridized carbons (Fsp3) is 0.714. The van der Waals surface area contributed by atoms with Gasteiger partial charge >= 0.3 is 5.97 Å². The van der Waals surface area contributed by atoms with Crippen LogP contribution in [0, 0.1) is 0 Å². The molecule has 1 aliphatic carbocycles. The van der Waals surface area contributed by atoms with Gasteiger partial charge in [-0.15, -0.1) is 0 Å². The van der Waals surface area contributed by atoms with E-state index in [2.05, 4.69) is 6.08 Å². The average molecular weight is 283 g/mol. The molecule has 106 valence electrons. The predicted molar refractivity (Wildman–Crippen MR) is 76.2 cm³/mol. The number of nitrogens with zero attached hydrogens (tertiary/aromatic N) is 1. The van der Waals surface area contributed by atoms with Crippen LogP contribution in [0.15, 0.2) is 11.6 Å². The van der Waals surface area contributed by atoms with Crippen molar-refractivity contribution in [1.82, 2.24) is 4.90 Å². The van der Waals surface area contributed by atoms with Crippen molar-refractivity contribution in [2.75, 3.05) is 18.1 Å². The lowest BCUT2D eigenvalue weighted by molar-refractivity contribution is -0.140. The number of hydrogen-bond acceptors (Lipinski definition) is 3. The van der Waals surface area contributed by atoms with Crippen molar-refractivity contribution in [3.63, 3.8) is 0 Å². The first-order chi connectivity index (χ1) is 9.16. The van der Waals surface area contributed by atoms with Crippen molar-refractivity contribution in [3.05, 3.63) is 11.6 Å². The maximum atomic E-state index is 12.3. The van der Waals surface area contributed by atoms with Crippen LogP contribution in [-0.4, -0.2) is 46.0 Å². The van der Waals surface area contributed by atoms with Gasteiger partial charge in [0.1, 0.15) is 0 Å². The molecule has 4 nitrogen and oxygen atoms in total. The Bertz CT molecular complexity index is 381. The zero-order valence-corrected chi connectivity index (χ0v) is 12.0. The van der Waals surface area contributed by atoms with E-state index < -0.39 is 5.97 Å². The number of carboxylic acids is 1. The molecule has 1 saturated heterocycles. The first kappa shape index (κ1) is 14.4. The van der Waals surface area contributed by atoms with E-state index >= 15 is 0 Å². The van der Waals surface area contributed by atoms with Gasteiger partial charge in [0.15, 0.2) is 0 Å². The normalized spacial score (nSPS) is 23.9. The number of carbonyl (C=O) groups excluding carboxylic acids is 1. The molecule has 0 bridgehead atoms. The van der Waals surface area contributed by atoms with Gasteiger partial charge in [-0.05, 0) is 25.7 Å². The van der Waals surface area contributed by atoms with Crippen LogP contribution in [0.25, 0.3) is 0 Å². The van der Waals surface area contributed by atoms with E-state index in [0.29, 0.717) is 13.0 Å². The van der Waals surface area contributed by atoms with E-state index in [-0.39, 0.29) is 18.4 Å². The molecule has 5 heteroatoms. The second-order valence-electron chi connectivity index (χ2n) is 5.20. The molecule has 1 unspecified atom stereocenters. The van der Waals surface area contributed by atoms with Crippen molar-refractivity contribution in [3.8, 4) is 0 Å². The van der Waals surface area contributed by atoms with Gasteiger partial charge in [-0.25, -0.2) is 0 Å². The van der Waals surface area contributed by atoms with E-state index in [0.717, 1.165) is 24.3 Å². The molecule has 19 heavy (non-hydrogen) atoms. The SMILES string of the molecule is O=C(O)CC1CSCCN1C(=O)CC1=CCCCC1. The minimum atomic E-state index is -0.817. The number of aliphatic carboxylic acids is 1. The van der Waals surface area contributed by atoms with Gasteiger partial charge in [0.25, 0.3) is 0 Å². The average Bonchev–Trinajstić information content (AvgIpc) is 2.39. The minimum Gasteiger partial charge on any atom is -0.481 e. The molecule has 0 aromatic rings. The number of rotatable bonds is 4. The largest absolute Gasteiger partial charge is 0.481 e. The van der Waals surface area contributed by atoms with E-state index in [1.165, 1.54) is 18.4 Å². The van der Waals surface area contributed by atoms with Gasteiger partial charge in [0.2, 0.25) is 5.91 Å². The summed E-state index contributed by atoms with van der Waals surface area (Å²) in [5, 5.41) is 8.93. The van der Waals surface area contributed by atoms with Crippen molar-refractivity contribution in [2.24, 2.45) is 0 Å². The van der Waals surface area contributed by atoms with Crippen molar-refractivity contribution >= 4 is 23.6 Å². The second kappa shape index (κ2) is 6.98. The highest BCUT2D eigenvalue weighted by atomic mass is 32.2. The third-order valence-corrected chi connectivity index (χ3v) is 4.81. The third kappa shape index (κ3) is 4.27. The topological polar surface area (TPSA) is 57.6 Å². The fourth-order valence-electron chi connectivity index (χ4n) is 2.71. The molecule has 1 aliphatic heterocycles. The highest BCUT2D eigenvalue weighted by molar-refractivity contribution is 7.99. The van der Waals surface area contributed by atoms with Crippen LogP contribution >= 0.6 is 11.8 Å². The summed E-state index contributed by atoms with van der Waals surface area (Å²) in [4.78, 5) is 25.0. The molecule has 1 fully saturated rings. The number of thioether (sulfide) groups is 1. The Hall–Kier alpha value is -0.970. The van der Waals surface area contributed by atoms with Gasteiger partial charge < -0.3 is 10.0 Å². The molecule has 1 N–H and O–H groups in total. The minimum absolute atomic E-state index is 0.0672. The predicted octanol–water partition coefficient (Wildman–Crippen LogP) is 2.30. The Morgan fingerprint density at radius 3 is 2.95 bits per heavy atom. The quantitative estimate of drug-likeness (QED) is 0.804. The van der Waals surface area contributed by atoms with Gasteiger partial charge in [0.05, 0.1) is 12.5 Å². The maximum absolute atomic E-state index is 12.3. The van der Waals surface area contributed by atoms with Crippen molar-refractivity contribution in [1.29, 1.82) is 0 Å². The van der Waals surface area contributed by atoms with E-state index in [1.807, 2.05) is 0 Å². The molecule has 0 saturated carbocycles. The fourth-order valence-corrected chi connectivity index (χ4v) is 3.78. The number of carbonyl (C=O) groups is 2. The molecule has 0 radical (unpaired) electrons. The van der Waals surface area contributed by atoms with Crippen LogP contribution in [0.5, 0.6) is 0 Å². The van der Waals surface area contributed by atoms with Gasteiger partial charge in [-0.3, -0.25) is 9.59 Å². The molecule has 1 heterocycles. The first-order valence-electron chi connectivity index (χ1n) is 6.93. The van der Waals surface area contributed by atoms with Gasteiger partial charge in [-0.1, -0.05) is 11.6 Å². The smallest absolute Gasteiger partial charge is 0.305 e. The molecular weight excluding hydrogens is 262 g/mol. The standard InChI is InChI=1S/C14H21NO3S/c16-13(8-11-4-2-1-3-5-11)15-6-7-19-10-12(15)9-14(17)18/h4,12H,1-3,5-10H2,(H,17,18). The summed E-state index contributed by atoms with van der Waals surface area (Å²) in [6.07, 6.45) is 7.24. The lowest BCUT2D eigenvalue weighted by Gasteiger charge is -2.35. The molecule has 0 spiro atoms. The third-order valence-electron chi connectivity index (χ3n) is 3.72. The summed E-state index contributed by atoms with van der Waals surface area (Å²) in [5.74, 6) is 0.958. The summed E-state index contributed by atoms with van der Waals surface area (Å²) in [5.41, 5.74) is 1.24. The molecule has 1 atom stereocenters. The Morgan fingerprint density at radius 1 is 1.42 bits per heavy atom. The van der Waals surface area contributed by atoms with Crippen LogP contribution < -0.4 is 0 Å². The molecule has 0 aromatic carbocycles. The van der Waals surface area contributed by atoms with Crippen molar-refractivity contribution < 1.29 is 14.7 Å². The Kier molecular flexibility index (Phi) is 5.31. The lowest BCUT2D eigenvalue weighted by atomic mass is 9.96. The highest BCUT2D eigenvalue weighted by Crippen LogP contribution is 2.24. The molecule has 2 rings (SSSR count). The number of amides is 1. The van der Waals surface area contributed by atoms with Crippen molar-refractivity contribution in [2.45, 2.75) is 44.6 Å². The van der Waals surface area contributed by atoms with Crippen LogP contribution in [-0.2, 0) is 9.59 Å². The highest BCUT2D eigenvalue weighted by Gasteiger charge is 2.29. The molecule has 2 aliphatic rings. The van der Waals surface area contributed by atoms with Gasteiger partial charge in [-0.2, -0.15) is 11.8 Å².